The summed E-state index contributed by atoms with van der Waals surface area (Å²) in [5, 5.41) is 5.89. The van der Waals surface area contributed by atoms with Crippen molar-refractivity contribution in [3.05, 3.63) is 50.6 Å². The van der Waals surface area contributed by atoms with Crippen LogP contribution in [-0.4, -0.2) is 16.8 Å². The number of rotatable bonds is 4. The molecule has 1 aromatic carbocycles. The normalized spacial score (nSPS) is 17.9. The lowest BCUT2D eigenvalue weighted by Gasteiger charge is -2.08. The van der Waals surface area contributed by atoms with Crippen molar-refractivity contribution in [2.45, 2.75) is 23.1 Å². The number of thioether (sulfide) groups is 1. The van der Waals surface area contributed by atoms with Crippen LogP contribution in [-0.2, 0) is 13.0 Å². The number of thiazole rings is 1. The molecule has 1 aliphatic heterocycles. The second kappa shape index (κ2) is 5.30. The Balaban J connectivity index is 1.50. The maximum Gasteiger partial charge on any atom is 0.304 e. The Morgan fingerprint density at radius 2 is 2.28 bits per heavy atom. The van der Waals surface area contributed by atoms with E-state index in [-0.39, 0.29) is 4.87 Å². The van der Waals surface area contributed by atoms with Gasteiger partial charge in [-0.25, -0.2) is 0 Å². The molecule has 1 aromatic heterocycles. The zero-order valence-electron chi connectivity index (χ0n) is 9.81. The van der Waals surface area contributed by atoms with E-state index in [1.807, 2.05) is 17.1 Å². The van der Waals surface area contributed by atoms with Gasteiger partial charge in [0.05, 0.1) is 0 Å². The average molecular weight is 278 g/mol. The molecule has 3 rings (SSSR count). The summed E-state index contributed by atoms with van der Waals surface area (Å²) in [6.07, 6.45) is 1.13. The molecule has 1 aliphatic rings. The van der Waals surface area contributed by atoms with E-state index in [1.54, 1.807) is 0 Å². The summed E-state index contributed by atoms with van der Waals surface area (Å²) in [7, 11) is 0. The van der Waals surface area contributed by atoms with Crippen LogP contribution >= 0.6 is 23.1 Å². The van der Waals surface area contributed by atoms with Crippen LogP contribution in [0.5, 0.6) is 0 Å². The number of hydrogen-bond acceptors (Lipinski definition) is 4. The third-order valence-electron chi connectivity index (χ3n) is 2.97. The van der Waals surface area contributed by atoms with Crippen molar-refractivity contribution >= 4 is 23.1 Å². The lowest BCUT2D eigenvalue weighted by Crippen LogP contribution is -2.24. The van der Waals surface area contributed by atoms with Gasteiger partial charge >= 0.3 is 4.87 Å². The molecule has 1 unspecified atom stereocenters. The predicted molar refractivity (Wildman–Crippen MR) is 76.4 cm³/mol. The van der Waals surface area contributed by atoms with Crippen molar-refractivity contribution in [1.82, 2.24) is 10.3 Å². The second-order valence-electron chi connectivity index (χ2n) is 4.36. The van der Waals surface area contributed by atoms with Crippen LogP contribution in [0.3, 0.4) is 0 Å². The molecule has 0 bridgehead atoms. The summed E-state index contributed by atoms with van der Waals surface area (Å²) in [4.78, 5) is 15.2. The van der Waals surface area contributed by atoms with Crippen molar-refractivity contribution in [2.24, 2.45) is 0 Å². The van der Waals surface area contributed by atoms with Gasteiger partial charge in [-0.2, -0.15) is 0 Å². The van der Waals surface area contributed by atoms with Gasteiger partial charge in [0.15, 0.2) is 0 Å². The van der Waals surface area contributed by atoms with E-state index in [1.165, 1.54) is 21.8 Å². The fourth-order valence-corrected chi connectivity index (χ4v) is 4.00. The highest BCUT2D eigenvalue weighted by Crippen LogP contribution is 2.36. The molecule has 0 radical (unpaired) electrons. The lowest BCUT2D eigenvalue weighted by molar-refractivity contribution is 0.656. The molecule has 0 saturated carbocycles. The first-order valence-corrected chi connectivity index (χ1v) is 7.69. The Hall–Kier alpha value is -1.04. The number of aromatic amines is 1. The molecule has 5 heteroatoms. The highest BCUT2D eigenvalue weighted by atomic mass is 32.2. The van der Waals surface area contributed by atoms with E-state index in [0.717, 1.165) is 25.2 Å². The van der Waals surface area contributed by atoms with Gasteiger partial charge < -0.3 is 10.3 Å². The molecule has 18 heavy (non-hydrogen) atoms. The minimum Gasteiger partial charge on any atom is -0.315 e. The average Bonchev–Trinajstić information content (AvgIpc) is 2.95. The first-order chi connectivity index (χ1) is 8.81. The number of H-pyrrole nitrogens is 1. The molecular formula is C13H14N2OS2. The van der Waals surface area contributed by atoms with E-state index in [9.17, 15) is 4.79 Å². The van der Waals surface area contributed by atoms with E-state index >= 15 is 0 Å². The maximum atomic E-state index is 11.0. The van der Waals surface area contributed by atoms with Crippen LogP contribution in [0.4, 0.5) is 0 Å². The minimum atomic E-state index is 0.0226. The highest BCUT2D eigenvalue weighted by molar-refractivity contribution is 8.00. The monoisotopic (exact) mass is 278 g/mol. The third kappa shape index (κ3) is 2.68. The zero-order valence-corrected chi connectivity index (χ0v) is 11.4. The van der Waals surface area contributed by atoms with Crippen molar-refractivity contribution in [2.75, 3.05) is 6.54 Å². The number of nitrogens with one attached hydrogen (secondary N) is 2. The minimum absolute atomic E-state index is 0.0226. The summed E-state index contributed by atoms with van der Waals surface area (Å²) in [5.41, 5.74) is 2.43. The van der Waals surface area contributed by atoms with Gasteiger partial charge in [-0.05, 0) is 18.1 Å². The van der Waals surface area contributed by atoms with Crippen molar-refractivity contribution in [1.29, 1.82) is 0 Å². The Bertz CT molecular complexity index is 565. The summed E-state index contributed by atoms with van der Waals surface area (Å²) < 4.78 is 0. The molecule has 94 valence electrons. The van der Waals surface area contributed by atoms with Gasteiger partial charge in [0, 0.05) is 34.3 Å². The fraction of sp³-hybridized carbons (Fsp3) is 0.308. The fourth-order valence-electron chi connectivity index (χ4n) is 2.14. The molecule has 0 aliphatic carbocycles. The molecule has 1 atom stereocenters. The van der Waals surface area contributed by atoms with Gasteiger partial charge in [0.1, 0.15) is 0 Å². The van der Waals surface area contributed by atoms with Gasteiger partial charge in [0.25, 0.3) is 0 Å². The third-order valence-corrected chi connectivity index (χ3v) is 5.01. The molecule has 2 N–H and O–H groups in total. The van der Waals surface area contributed by atoms with E-state index in [4.69, 9.17) is 0 Å². The maximum absolute atomic E-state index is 11.0. The summed E-state index contributed by atoms with van der Waals surface area (Å²) in [5.74, 6) is 0. The number of aromatic nitrogens is 1. The van der Waals surface area contributed by atoms with E-state index < -0.39 is 0 Å². The molecule has 0 spiro atoms. The molecule has 0 saturated heterocycles. The first kappa shape index (κ1) is 12.0. The smallest absolute Gasteiger partial charge is 0.304 e. The first-order valence-electron chi connectivity index (χ1n) is 5.93. The van der Waals surface area contributed by atoms with Crippen molar-refractivity contribution < 1.29 is 0 Å². The Morgan fingerprint density at radius 1 is 1.39 bits per heavy atom. The highest BCUT2D eigenvalue weighted by Gasteiger charge is 2.20. The second-order valence-corrected chi connectivity index (χ2v) is 6.54. The predicted octanol–water partition coefficient (Wildman–Crippen LogP) is 2.24. The van der Waals surface area contributed by atoms with Crippen LogP contribution in [0.15, 0.2) is 39.3 Å². The summed E-state index contributed by atoms with van der Waals surface area (Å²) in [6, 6.07) is 8.60. The van der Waals surface area contributed by atoms with Crippen LogP contribution in [0.1, 0.15) is 11.3 Å². The van der Waals surface area contributed by atoms with Gasteiger partial charge in [-0.15, -0.1) is 11.8 Å². The molecule has 0 amide bonds. The van der Waals surface area contributed by atoms with Crippen molar-refractivity contribution in [3.63, 3.8) is 0 Å². The van der Waals surface area contributed by atoms with Crippen LogP contribution < -0.4 is 10.2 Å². The lowest BCUT2D eigenvalue weighted by atomic mass is 10.1. The zero-order chi connectivity index (χ0) is 12.4. The molecule has 2 heterocycles. The van der Waals surface area contributed by atoms with E-state index in [2.05, 4.69) is 34.6 Å². The summed E-state index contributed by atoms with van der Waals surface area (Å²) >= 11 is 3.17. The standard InChI is InChI=1S/C13H14N2OS2/c16-13-15-10(8-17-13)6-14-7-11-5-9-3-1-2-4-12(9)18-11/h1-4,8,11,14H,5-7H2,(H,15,16). The van der Waals surface area contributed by atoms with Gasteiger partial charge in [-0.3, -0.25) is 4.79 Å². The van der Waals surface area contributed by atoms with Crippen LogP contribution in [0.2, 0.25) is 0 Å². The number of fused-ring (bicyclic) bond motifs is 1. The van der Waals surface area contributed by atoms with E-state index in [0.29, 0.717) is 5.25 Å². The van der Waals surface area contributed by atoms with Gasteiger partial charge in [0.2, 0.25) is 0 Å². The summed E-state index contributed by atoms with van der Waals surface area (Å²) in [6.45, 7) is 1.71. The van der Waals surface area contributed by atoms with Crippen LogP contribution in [0, 0.1) is 0 Å². The Morgan fingerprint density at radius 3 is 3.06 bits per heavy atom. The molecule has 0 fully saturated rings. The number of benzene rings is 1. The Kier molecular flexibility index (Phi) is 3.54. The molecule has 3 nitrogen and oxygen atoms in total. The topological polar surface area (TPSA) is 44.9 Å². The number of hydrogen-bond donors (Lipinski definition) is 2. The van der Waals surface area contributed by atoms with Gasteiger partial charge in [-0.1, -0.05) is 29.5 Å². The van der Waals surface area contributed by atoms with Crippen LogP contribution in [0.25, 0.3) is 0 Å². The largest absolute Gasteiger partial charge is 0.315 e. The Labute approximate surface area is 114 Å². The quantitative estimate of drug-likeness (QED) is 0.901. The van der Waals surface area contributed by atoms with Crippen molar-refractivity contribution in [3.8, 4) is 0 Å². The molecular weight excluding hydrogens is 264 g/mol. The molecule has 2 aromatic rings. The SMILES string of the molecule is O=c1[nH]c(CNCC2Cc3ccccc3S2)cs1.